The van der Waals surface area contributed by atoms with E-state index in [-0.39, 0.29) is 35.2 Å². The van der Waals surface area contributed by atoms with Gasteiger partial charge in [0.05, 0.1) is 0 Å². The lowest BCUT2D eigenvalue weighted by Gasteiger charge is -2.35. The van der Waals surface area contributed by atoms with Crippen LogP contribution in [0.2, 0.25) is 0 Å². The van der Waals surface area contributed by atoms with Crippen molar-refractivity contribution in [2.75, 3.05) is 31.1 Å². The molecular weight excluding hydrogens is 408 g/mol. The summed E-state index contributed by atoms with van der Waals surface area (Å²) in [5, 5.41) is 0. The molecule has 7 nitrogen and oxygen atoms in total. The molecule has 2 aromatic carbocycles. The molecule has 1 aliphatic heterocycles. The third-order valence-corrected chi connectivity index (χ3v) is 5.45. The number of ether oxygens (including phenoxy) is 1. The highest BCUT2D eigenvalue weighted by Gasteiger charge is 2.24. The molecule has 1 fully saturated rings. The lowest BCUT2D eigenvalue weighted by Crippen LogP contribution is -2.48. The van der Waals surface area contributed by atoms with Gasteiger partial charge in [-0.25, -0.2) is 0 Å². The van der Waals surface area contributed by atoms with E-state index in [1.807, 2.05) is 54.6 Å². The number of carbonyl (C=O) groups excluding carboxylic acids is 2. The van der Waals surface area contributed by atoms with Gasteiger partial charge in [-0.1, -0.05) is 30.3 Å². The summed E-state index contributed by atoms with van der Waals surface area (Å²) in [6.07, 6.45) is 1.20. The van der Waals surface area contributed by atoms with E-state index in [9.17, 15) is 14.4 Å². The predicted molar refractivity (Wildman–Crippen MR) is 120 cm³/mol. The highest BCUT2D eigenvalue weighted by atomic mass is 16.5. The molecule has 2 heterocycles. The number of carbonyl (C=O) groups is 2. The standard InChI is InChI=1S/C25H24N2O5/c1-18(28)20-7-9-21(10-8-20)26-11-13-27(14-12-26)25(30)23-15-22(29)24(17-32-23)31-16-19-5-3-2-4-6-19/h2-10,15,17H,11-14,16H2,1H3. The largest absolute Gasteiger partial charge is 0.482 e. The number of benzene rings is 2. The van der Waals surface area contributed by atoms with Crippen LogP contribution in [0.4, 0.5) is 5.69 Å². The zero-order chi connectivity index (χ0) is 22.5. The van der Waals surface area contributed by atoms with E-state index in [4.69, 9.17) is 9.15 Å². The molecule has 3 aromatic rings. The Morgan fingerprint density at radius 1 is 0.969 bits per heavy atom. The first-order valence-electron chi connectivity index (χ1n) is 10.5. The molecule has 7 heteroatoms. The molecule has 0 atom stereocenters. The number of hydrogen-bond acceptors (Lipinski definition) is 6. The van der Waals surface area contributed by atoms with Gasteiger partial charge < -0.3 is 19.0 Å². The van der Waals surface area contributed by atoms with Crippen LogP contribution in [0.1, 0.15) is 33.4 Å². The van der Waals surface area contributed by atoms with Gasteiger partial charge in [0.1, 0.15) is 12.9 Å². The highest BCUT2D eigenvalue weighted by molar-refractivity contribution is 5.94. The normalized spacial score (nSPS) is 13.7. The monoisotopic (exact) mass is 432 g/mol. The fourth-order valence-corrected chi connectivity index (χ4v) is 3.58. The van der Waals surface area contributed by atoms with Crippen LogP contribution < -0.4 is 15.1 Å². The SMILES string of the molecule is CC(=O)c1ccc(N2CCN(C(=O)c3cc(=O)c(OCc4ccccc4)co3)CC2)cc1. The molecule has 1 amide bonds. The summed E-state index contributed by atoms with van der Waals surface area (Å²) >= 11 is 0. The quantitative estimate of drug-likeness (QED) is 0.556. The van der Waals surface area contributed by atoms with Gasteiger partial charge in [-0.2, -0.15) is 0 Å². The second-order valence-electron chi connectivity index (χ2n) is 7.63. The predicted octanol–water partition coefficient (Wildman–Crippen LogP) is 3.38. The molecule has 0 radical (unpaired) electrons. The molecule has 0 saturated carbocycles. The number of piperazine rings is 1. The van der Waals surface area contributed by atoms with Crippen molar-refractivity contribution in [1.29, 1.82) is 0 Å². The van der Waals surface area contributed by atoms with Crippen molar-refractivity contribution in [3.05, 3.63) is 94.0 Å². The minimum Gasteiger partial charge on any atom is -0.482 e. The van der Waals surface area contributed by atoms with Gasteiger partial charge >= 0.3 is 0 Å². The minimum atomic E-state index is -0.389. The van der Waals surface area contributed by atoms with Crippen LogP contribution in [0.3, 0.4) is 0 Å². The van der Waals surface area contributed by atoms with Crippen molar-refractivity contribution in [3.63, 3.8) is 0 Å². The fraction of sp³-hybridized carbons (Fsp3) is 0.240. The number of rotatable bonds is 6. The van der Waals surface area contributed by atoms with Crippen molar-refractivity contribution in [1.82, 2.24) is 4.90 Å². The maximum absolute atomic E-state index is 12.8. The van der Waals surface area contributed by atoms with E-state index >= 15 is 0 Å². The van der Waals surface area contributed by atoms with E-state index in [0.29, 0.717) is 31.7 Å². The molecule has 0 aliphatic carbocycles. The number of anilines is 1. The number of Topliss-reactive ketones (excluding diaryl/α,β-unsaturated/α-hetero) is 1. The lowest BCUT2D eigenvalue weighted by atomic mass is 10.1. The van der Waals surface area contributed by atoms with Gasteiger partial charge in [-0.05, 0) is 36.8 Å². The van der Waals surface area contributed by atoms with Crippen molar-refractivity contribution < 1.29 is 18.7 Å². The first-order chi connectivity index (χ1) is 15.5. The number of nitrogens with zero attached hydrogens (tertiary/aromatic N) is 2. The van der Waals surface area contributed by atoms with Gasteiger partial charge in [-0.15, -0.1) is 0 Å². The minimum absolute atomic E-state index is 0.00122. The van der Waals surface area contributed by atoms with Gasteiger partial charge in [0.2, 0.25) is 11.2 Å². The van der Waals surface area contributed by atoms with Gasteiger partial charge in [0, 0.05) is 43.5 Å². The summed E-state index contributed by atoms with van der Waals surface area (Å²) in [5.41, 5.74) is 2.22. The van der Waals surface area contributed by atoms with Gasteiger partial charge in [0.15, 0.2) is 11.5 Å². The van der Waals surface area contributed by atoms with Crippen molar-refractivity contribution in [2.45, 2.75) is 13.5 Å². The molecule has 0 unspecified atom stereocenters. The molecule has 0 N–H and O–H groups in total. The fourth-order valence-electron chi connectivity index (χ4n) is 3.58. The average Bonchev–Trinajstić information content (AvgIpc) is 2.83. The number of hydrogen-bond donors (Lipinski definition) is 0. The Labute approximate surface area is 185 Å². The van der Waals surface area contributed by atoms with Crippen LogP contribution in [0.5, 0.6) is 5.75 Å². The second kappa shape index (κ2) is 9.51. The van der Waals surface area contributed by atoms with E-state index < -0.39 is 0 Å². The molecule has 0 bridgehead atoms. The maximum atomic E-state index is 12.8. The lowest BCUT2D eigenvalue weighted by molar-refractivity contribution is 0.0710. The van der Waals surface area contributed by atoms with Crippen molar-refractivity contribution in [2.24, 2.45) is 0 Å². The maximum Gasteiger partial charge on any atom is 0.289 e. The zero-order valence-corrected chi connectivity index (χ0v) is 17.8. The highest BCUT2D eigenvalue weighted by Crippen LogP contribution is 2.19. The molecule has 1 saturated heterocycles. The first-order valence-corrected chi connectivity index (χ1v) is 10.5. The Balaban J connectivity index is 1.35. The van der Waals surface area contributed by atoms with Crippen LogP contribution >= 0.6 is 0 Å². The van der Waals surface area contributed by atoms with Crippen LogP contribution in [0.25, 0.3) is 0 Å². The first kappa shape index (κ1) is 21.4. The second-order valence-corrected chi connectivity index (χ2v) is 7.63. The molecule has 1 aliphatic rings. The van der Waals surface area contributed by atoms with Gasteiger partial charge in [-0.3, -0.25) is 14.4 Å². The Hall–Kier alpha value is -3.87. The third-order valence-electron chi connectivity index (χ3n) is 5.45. The number of ketones is 1. The average molecular weight is 432 g/mol. The number of amides is 1. The summed E-state index contributed by atoms with van der Waals surface area (Å²) in [6.45, 7) is 4.09. The molecule has 32 heavy (non-hydrogen) atoms. The topological polar surface area (TPSA) is 80.1 Å². The van der Waals surface area contributed by atoms with Crippen LogP contribution in [-0.4, -0.2) is 42.8 Å². The van der Waals surface area contributed by atoms with E-state index in [0.717, 1.165) is 11.3 Å². The summed E-state index contributed by atoms with van der Waals surface area (Å²) in [7, 11) is 0. The molecular formula is C25H24N2O5. The Kier molecular flexibility index (Phi) is 6.35. The summed E-state index contributed by atoms with van der Waals surface area (Å²) in [6, 6.07) is 18.1. The Morgan fingerprint density at radius 3 is 2.28 bits per heavy atom. The van der Waals surface area contributed by atoms with Crippen LogP contribution in [0, 0.1) is 0 Å². The molecule has 4 rings (SSSR count). The van der Waals surface area contributed by atoms with E-state index in [1.54, 1.807) is 11.8 Å². The summed E-state index contributed by atoms with van der Waals surface area (Å²) < 4.78 is 11.0. The summed E-state index contributed by atoms with van der Waals surface area (Å²) in [4.78, 5) is 40.4. The van der Waals surface area contributed by atoms with Crippen LogP contribution in [-0.2, 0) is 6.61 Å². The summed E-state index contributed by atoms with van der Waals surface area (Å²) in [5.74, 6) is -0.209. The van der Waals surface area contributed by atoms with E-state index in [2.05, 4.69) is 4.90 Å². The zero-order valence-electron chi connectivity index (χ0n) is 17.8. The Morgan fingerprint density at radius 2 is 1.66 bits per heavy atom. The molecule has 1 aromatic heterocycles. The molecule has 164 valence electrons. The van der Waals surface area contributed by atoms with Crippen molar-refractivity contribution >= 4 is 17.4 Å². The van der Waals surface area contributed by atoms with Crippen LogP contribution in [0.15, 0.2) is 76.1 Å². The van der Waals surface area contributed by atoms with Gasteiger partial charge in [0.25, 0.3) is 5.91 Å². The van der Waals surface area contributed by atoms with E-state index in [1.165, 1.54) is 12.3 Å². The third kappa shape index (κ3) is 4.88. The molecule has 0 spiro atoms. The van der Waals surface area contributed by atoms with Crippen molar-refractivity contribution in [3.8, 4) is 5.75 Å². The Bertz CT molecular complexity index is 1150. The smallest absolute Gasteiger partial charge is 0.289 e.